The summed E-state index contributed by atoms with van der Waals surface area (Å²) >= 11 is 0. The van der Waals surface area contributed by atoms with Crippen LogP contribution >= 0.6 is 0 Å². The SMILES string of the molecule is O=C(O)Cc1cc([N+](=O)[O-])c(OC(F)(F)F)c(=O)[nH]1. The number of halogens is 3. The maximum Gasteiger partial charge on any atom is 0.573 e. The minimum atomic E-state index is -5.29. The summed E-state index contributed by atoms with van der Waals surface area (Å²) in [4.78, 5) is 32.7. The van der Waals surface area contributed by atoms with E-state index in [-0.39, 0.29) is 0 Å². The highest BCUT2D eigenvalue weighted by atomic mass is 19.4. The van der Waals surface area contributed by atoms with Gasteiger partial charge in [-0.2, -0.15) is 0 Å². The number of carboxylic acids is 1. The second-order valence-corrected chi connectivity index (χ2v) is 3.21. The Morgan fingerprint density at radius 3 is 2.53 bits per heavy atom. The molecule has 0 amide bonds. The van der Waals surface area contributed by atoms with Crippen LogP contribution in [0.15, 0.2) is 10.9 Å². The number of pyridine rings is 1. The fourth-order valence-corrected chi connectivity index (χ4v) is 1.19. The van der Waals surface area contributed by atoms with Gasteiger partial charge in [0.1, 0.15) is 0 Å². The number of carboxylic acid groups (broad SMARTS) is 1. The highest BCUT2D eigenvalue weighted by Gasteiger charge is 2.36. The van der Waals surface area contributed by atoms with E-state index in [1.165, 1.54) is 0 Å². The van der Waals surface area contributed by atoms with Gasteiger partial charge in [0.25, 0.3) is 11.3 Å². The zero-order valence-electron chi connectivity index (χ0n) is 8.85. The average Bonchev–Trinajstić information content (AvgIpc) is 2.18. The van der Waals surface area contributed by atoms with E-state index in [0.717, 1.165) is 0 Å². The molecule has 0 radical (unpaired) electrons. The number of H-pyrrole nitrogens is 1. The number of alkyl halides is 3. The van der Waals surface area contributed by atoms with Gasteiger partial charge in [0.15, 0.2) is 0 Å². The molecule has 1 heterocycles. The van der Waals surface area contributed by atoms with Crippen molar-refractivity contribution in [3.05, 3.63) is 32.2 Å². The minimum absolute atomic E-state index is 0.418. The van der Waals surface area contributed by atoms with E-state index in [4.69, 9.17) is 5.11 Å². The van der Waals surface area contributed by atoms with E-state index in [1.807, 2.05) is 0 Å². The van der Waals surface area contributed by atoms with Gasteiger partial charge >= 0.3 is 18.0 Å². The largest absolute Gasteiger partial charge is 0.573 e. The van der Waals surface area contributed by atoms with Crippen molar-refractivity contribution in [2.45, 2.75) is 12.8 Å². The summed E-state index contributed by atoms with van der Waals surface area (Å²) in [5.41, 5.74) is -3.22. The van der Waals surface area contributed by atoms with Gasteiger partial charge in [0.2, 0.25) is 0 Å². The molecule has 0 aliphatic carbocycles. The number of carbonyl (C=O) groups is 1. The van der Waals surface area contributed by atoms with Gasteiger partial charge in [0, 0.05) is 11.8 Å². The van der Waals surface area contributed by atoms with Gasteiger partial charge in [-0.1, -0.05) is 0 Å². The molecule has 0 fully saturated rings. The van der Waals surface area contributed by atoms with Crippen molar-refractivity contribution in [3.63, 3.8) is 0 Å². The number of aromatic nitrogens is 1. The lowest BCUT2D eigenvalue weighted by Crippen LogP contribution is -2.24. The summed E-state index contributed by atoms with van der Waals surface area (Å²) in [6.45, 7) is 0. The van der Waals surface area contributed by atoms with Gasteiger partial charge in [-0.3, -0.25) is 19.7 Å². The highest BCUT2D eigenvalue weighted by molar-refractivity contribution is 5.70. The van der Waals surface area contributed by atoms with Crippen molar-refractivity contribution in [2.75, 3.05) is 0 Å². The number of nitro groups is 1. The Kier molecular flexibility index (Phi) is 3.77. The maximum atomic E-state index is 12.0. The molecule has 0 saturated carbocycles. The molecule has 0 bridgehead atoms. The fourth-order valence-electron chi connectivity index (χ4n) is 1.19. The summed E-state index contributed by atoms with van der Waals surface area (Å²) in [6, 6.07) is 0.497. The second-order valence-electron chi connectivity index (χ2n) is 3.21. The molecule has 19 heavy (non-hydrogen) atoms. The Labute approximate surface area is 101 Å². The van der Waals surface area contributed by atoms with Crippen molar-refractivity contribution in [3.8, 4) is 5.75 Å². The first kappa shape index (κ1) is 14.5. The molecule has 0 atom stereocenters. The predicted molar refractivity (Wildman–Crippen MR) is 51.7 cm³/mol. The van der Waals surface area contributed by atoms with Crippen LogP contribution in [0.2, 0.25) is 0 Å². The monoisotopic (exact) mass is 282 g/mol. The Bertz CT molecular complexity index is 579. The number of nitrogens with zero attached hydrogens (tertiary/aromatic N) is 1. The molecular weight excluding hydrogens is 277 g/mol. The molecule has 1 rings (SSSR count). The number of aliphatic carboxylic acids is 1. The minimum Gasteiger partial charge on any atom is -0.481 e. The molecule has 2 N–H and O–H groups in total. The lowest BCUT2D eigenvalue weighted by molar-refractivity contribution is -0.389. The molecule has 1 aromatic heterocycles. The Balaban J connectivity index is 3.35. The zero-order chi connectivity index (χ0) is 14.8. The van der Waals surface area contributed by atoms with E-state index < -0.39 is 46.4 Å². The Morgan fingerprint density at radius 1 is 1.53 bits per heavy atom. The van der Waals surface area contributed by atoms with E-state index in [2.05, 4.69) is 4.74 Å². The summed E-state index contributed by atoms with van der Waals surface area (Å²) < 4.78 is 39.2. The van der Waals surface area contributed by atoms with E-state index in [1.54, 1.807) is 4.98 Å². The summed E-state index contributed by atoms with van der Waals surface area (Å²) in [6.07, 6.45) is -6.07. The molecule has 0 aliphatic heterocycles. The van der Waals surface area contributed by atoms with Crippen LogP contribution in [-0.2, 0) is 11.2 Å². The van der Waals surface area contributed by atoms with Crippen molar-refractivity contribution < 1.29 is 32.7 Å². The quantitative estimate of drug-likeness (QED) is 0.622. The van der Waals surface area contributed by atoms with Gasteiger partial charge in [-0.25, -0.2) is 0 Å². The van der Waals surface area contributed by atoms with Gasteiger partial charge in [0.05, 0.1) is 11.3 Å². The normalized spacial score (nSPS) is 11.1. The van der Waals surface area contributed by atoms with Crippen LogP contribution in [-0.4, -0.2) is 27.3 Å². The molecular formula is C8H5F3N2O6. The number of rotatable bonds is 4. The van der Waals surface area contributed by atoms with Crippen LogP contribution in [0.3, 0.4) is 0 Å². The lowest BCUT2D eigenvalue weighted by Gasteiger charge is -2.08. The number of hydrogen-bond acceptors (Lipinski definition) is 5. The summed E-state index contributed by atoms with van der Waals surface area (Å²) in [5, 5.41) is 19.0. The molecule has 104 valence electrons. The van der Waals surface area contributed by atoms with Crippen LogP contribution in [0.1, 0.15) is 5.69 Å². The summed E-state index contributed by atoms with van der Waals surface area (Å²) in [5.74, 6) is -2.97. The number of hydrogen-bond donors (Lipinski definition) is 2. The van der Waals surface area contributed by atoms with Crippen molar-refractivity contribution in [1.82, 2.24) is 4.98 Å². The third-order valence-corrected chi connectivity index (χ3v) is 1.78. The van der Waals surface area contributed by atoms with Crippen molar-refractivity contribution >= 4 is 11.7 Å². The van der Waals surface area contributed by atoms with E-state index in [9.17, 15) is 32.9 Å². The molecule has 0 spiro atoms. The second kappa shape index (κ2) is 4.96. The Hall–Kier alpha value is -2.59. The highest BCUT2D eigenvalue weighted by Crippen LogP contribution is 2.28. The number of aromatic amines is 1. The molecule has 0 aliphatic rings. The topological polar surface area (TPSA) is 123 Å². The van der Waals surface area contributed by atoms with Gasteiger partial charge in [-0.15, -0.1) is 13.2 Å². The van der Waals surface area contributed by atoms with Crippen LogP contribution in [0.4, 0.5) is 18.9 Å². The lowest BCUT2D eigenvalue weighted by atomic mass is 10.2. The third kappa shape index (κ3) is 3.97. The third-order valence-electron chi connectivity index (χ3n) is 1.78. The first-order valence-electron chi connectivity index (χ1n) is 4.48. The standard InChI is InChI=1S/C8H5F3N2O6/c9-8(10,11)19-6-4(13(17)18)1-3(2-5(14)15)12-7(6)16/h1H,2H2,(H,12,16)(H,14,15). The first-order chi connectivity index (χ1) is 8.60. The van der Waals surface area contributed by atoms with E-state index in [0.29, 0.717) is 6.07 Å². The molecule has 1 aromatic rings. The molecule has 0 saturated heterocycles. The van der Waals surface area contributed by atoms with Gasteiger partial charge in [-0.05, 0) is 0 Å². The van der Waals surface area contributed by atoms with Crippen molar-refractivity contribution in [1.29, 1.82) is 0 Å². The van der Waals surface area contributed by atoms with E-state index >= 15 is 0 Å². The predicted octanol–water partition coefficient (Wildman–Crippen LogP) is 0.809. The van der Waals surface area contributed by atoms with Gasteiger partial charge < -0.3 is 14.8 Å². The van der Waals surface area contributed by atoms with Crippen LogP contribution in [0, 0.1) is 10.1 Å². The van der Waals surface area contributed by atoms with Crippen LogP contribution < -0.4 is 10.3 Å². The number of ether oxygens (including phenoxy) is 1. The maximum absolute atomic E-state index is 12.0. The average molecular weight is 282 g/mol. The molecule has 0 aromatic carbocycles. The fraction of sp³-hybridized carbons (Fsp3) is 0.250. The molecule has 0 unspecified atom stereocenters. The van der Waals surface area contributed by atoms with Crippen LogP contribution in [0.5, 0.6) is 5.75 Å². The number of nitrogens with one attached hydrogen (secondary N) is 1. The summed E-state index contributed by atoms with van der Waals surface area (Å²) in [7, 11) is 0. The smallest absolute Gasteiger partial charge is 0.481 e. The van der Waals surface area contributed by atoms with Crippen LogP contribution in [0.25, 0.3) is 0 Å². The molecule has 11 heteroatoms. The van der Waals surface area contributed by atoms with Crippen molar-refractivity contribution in [2.24, 2.45) is 0 Å². The zero-order valence-corrected chi connectivity index (χ0v) is 8.85. The first-order valence-corrected chi connectivity index (χ1v) is 4.48. The molecule has 8 nitrogen and oxygen atoms in total. The Morgan fingerprint density at radius 2 is 2.11 bits per heavy atom.